The molecule has 0 aliphatic rings. The second kappa shape index (κ2) is 4.66. The normalized spacial score (nSPS) is 11.1. The van der Waals surface area contributed by atoms with Gasteiger partial charge in [-0.1, -0.05) is 0 Å². The van der Waals surface area contributed by atoms with Crippen LogP contribution >= 0.6 is 0 Å². The predicted octanol–water partition coefficient (Wildman–Crippen LogP) is 2.21. The summed E-state index contributed by atoms with van der Waals surface area (Å²) in [7, 11) is 1.67. The van der Waals surface area contributed by atoms with Crippen molar-refractivity contribution in [2.75, 3.05) is 5.32 Å². The van der Waals surface area contributed by atoms with Gasteiger partial charge in [-0.15, -0.1) is 0 Å². The number of oxazole rings is 1. The molecule has 0 unspecified atom stereocenters. The number of hydrogen-bond donors (Lipinski definition) is 1. The third-order valence-electron chi connectivity index (χ3n) is 3.40. The maximum atomic E-state index is 11.5. The van der Waals surface area contributed by atoms with Gasteiger partial charge < -0.3 is 9.73 Å². The fourth-order valence-electron chi connectivity index (χ4n) is 2.28. The van der Waals surface area contributed by atoms with Crippen LogP contribution in [0.4, 0.5) is 11.5 Å². The molecule has 0 saturated carbocycles. The SMILES string of the molecule is Cn1c(=O)oc2cc(Nc3ccc4nccnc4n3)ccc21. The lowest BCUT2D eigenvalue weighted by atomic mass is 10.3. The summed E-state index contributed by atoms with van der Waals surface area (Å²) in [6.45, 7) is 0. The van der Waals surface area contributed by atoms with Gasteiger partial charge in [0.25, 0.3) is 0 Å². The van der Waals surface area contributed by atoms with Gasteiger partial charge in [0.2, 0.25) is 0 Å². The first-order valence-electron chi connectivity index (χ1n) is 6.65. The van der Waals surface area contributed by atoms with Gasteiger partial charge in [0.1, 0.15) is 11.3 Å². The van der Waals surface area contributed by atoms with Crippen molar-refractivity contribution in [1.82, 2.24) is 19.5 Å². The van der Waals surface area contributed by atoms with Gasteiger partial charge in [-0.25, -0.2) is 14.8 Å². The fraction of sp³-hybridized carbons (Fsp3) is 0.0667. The summed E-state index contributed by atoms with van der Waals surface area (Å²) in [6, 6.07) is 9.11. The average Bonchev–Trinajstić information content (AvgIpc) is 2.81. The molecule has 7 heteroatoms. The van der Waals surface area contributed by atoms with Crippen LogP contribution in [0.15, 0.2) is 51.9 Å². The lowest BCUT2D eigenvalue weighted by Gasteiger charge is -2.06. The first kappa shape index (κ1) is 12.5. The summed E-state index contributed by atoms with van der Waals surface area (Å²) in [4.78, 5) is 24.2. The van der Waals surface area contributed by atoms with Crippen LogP contribution in [0.5, 0.6) is 0 Å². The van der Waals surface area contributed by atoms with Crippen molar-refractivity contribution >= 4 is 33.8 Å². The maximum absolute atomic E-state index is 11.5. The number of anilines is 2. The summed E-state index contributed by atoms with van der Waals surface area (Å²) < 4.78 is 6.63. The highest BCUT2D eigenvalue weighted by atomic mass is 16.4. The Balaban J connectivity index is 1.73. The smallest absolute Gasteiger partial charge is 0.408 e. The maximum Gasteiger partial charge on any atom is 0.419 e. The van der Waals surface area contributed by atoms with Crippen molar-refractivity contribution in [3.63, 3.8) is 0 Å². The number of pyridine rings is 1. The first-order valence-corrected chi connectivity index (χ1v) is 6.65. The highest BCUT2D eigenvalue weighted by molar-refractivity contribution is 5.79. The summed E-state index contributed by atoms with van der Waals surface area (Å²) >= 11 is 0. The fourth-order valence-corrected chi connectivity index (χ4v) is 2.28. The Morgan fingerprint density at radius 3 is 2.91 bits per heavy atom. The number of aryl methyl sites for hydroxylation is 1. The van der Waals surface area contributed by atoms with Crippen LogP contribution < -0.4 is 11.1 Å². The van der Waals surface area contributed by atoms with Crippen LogP contribution in [0.2, 0.25) is 0 Å². The molecule has 0 radical (unpaired) electrons. The quantitative estimate of drug-likeness (QED) is 0.610. The predicted molar refractivity (Wildman–Crippen MR) is 82.1 cm³/mol. The first-order chi connectivity index (χ1) is 10.7. The van der Waals surface area contributed by atoms with Crippen molar-refractivity contribution in [3.05, 3.63) is 53.3 Å². The van der Waals surface area contributed by atoms with Gasteiger partial charge in [0, 0.05) is 31.2 Å². The molecule has 0 spiro atoms. The molecule has 0 saturated heterocycles. The zero-order valence-electron chi connectivity index (χ0n) is 11.6. The highest BCUT2D eigenvalue weighted by Gasteiger charge is 2.07. The summed E-state index contributed by atoms with van der Waals surface area (Å²) in [5, 5.41) is 3.17. The molecule has 1 aromatic carbocycles. The second-order valence-corrected chi connectivity index (χ2v) is 4.83. The van der Waals surface area contributed by atoms with Crippen LogP contribution in [-0.4, -0.2) is 19.5 Å². The largest absolute Gasteiger partial charge is 0.419 e. The standard InChI is InChI=1S/C15H11N5O2/c1-20-11-4-2-9(8-12(11)22-15(20)21)18-13-5-3-10-14(19-13)17-7-6-16-10/h2-8H,1H3,(H,17,18,19). The van der Waals surface area contributed by atoms with E-state index in [2.05, 4.69) is 20.3 Å². The van der Waals surface area contributed by atoms with Crippen molar-refractivity contribution in [2.24, 2.45) is 7.05 Å². The van der Waals surface area contributed by atoms with Gasteiger partial charge in [0.05, 0.1) is 5.52 Å². The molecule has 22 heavy (non-hydrogen) atoms. The van der Waals surface area contributed by atoms with Crippen LogP contribution in [0.3, 0.4) is 0 Å². The number of fused-ring (bicyclic) bond motifs is 2. The van der Waals surface area contributed by atoms with Gasteiger partial charge in [0.15, 0.2) is 11.2 Å². The molecule has 0 aliphatic heterocycles. The van der Waals surface area contributed by atoms with E-state index in [-0.39, 0.29) is 5.76 Å². The van der Waals surface area contributed by atoms with E-state index in [4.69, 9.17) is 4.42 Å². The van der Waals surface area contributed by atoms with Crippen LogP contribution in [-0.2, 0) is 7.05 Å². The molecule has 1 N–H and O–H groups in total. The molecule has 0 atom stereocenters. The Bertz CT molecular complexity index is 1050. The Morgan fingerprint density at radius 2 is 2.00 bits per heavy atom. The van der Waals surface area contributed by atoms with Crippen LogP contribution in [0, 0.1) is 0 Å². The summed E-state index contributed by atoms with van der Waals surface area (Å²) in [6.07, 6.45) is 3.23. The molecular weight excluding hydrogens is 282 g/mol. The Kier molecular flexibility index (Phi) is 2.65. The molecule has 0 amide bonds. The van der Waals surface area contributed by atoms with Crippen molar-refractivity contribution in [2.45, 2.75) is 0 Å². The van der Waals surface area contributed by atoms with E-state index < -0.39 is 0 Å². The number of nitrogens with zero attached hydrogens (tertiary/aromatic N) is 4. The molecule has 0 aliphatic carbocycles. The third kappa shape index (κ3) is 1.99. The molecular formula is C15H11N5O2. The molecule has 0 fully saturated rings. The van der Waals surface area contributed by atoms with Gasteiger partial charge in [-0.05, 0) is 24.3 Å². The van der Waals surface area contributed by atoms with Crippen LogP contribution in [0.25, 0.3) is 22.3 Å². The average molecular weight is 293 g/mol. The Labute approximate surface area is 124 Å². The van der Waals surface area contributed by atoms with E-state index in [0.717, 1.165) is 16.7 Å². The van der Waals surface area contributed by atoms with Crippen molar-refractivity contribution in [3.8, 4) is 0 Å². The number of benzene rings is 1. The van der Waals surface area contributed by atoms with Crippen molar-refractivity contribution < 1.29 is 4.42 Å². The van der Waals surface area contributed by atoms with E-state index in [1.807, 2.05) is 24.3 Å². The molecule has 3 aromatic heterocycles. The van der Waals surface area contributed by atoms with E-state index in [9.17, 15) is 4.79 Å². The zero-order valence-corrected chi connectivity index (χ0v) is 11.6. The minimum Gasteiger partial charge on any atom is -0.408 e. The monoisotopic (exact) mass is 293 g/mol. The molecule has 7 nitrogen and oxygen atoms in total. The molecule has 0 bridgehead atoms. The van der Waals surface area contributed by atoms with E-state index in [1.165, 1.54) is 4.57 Å². The van der Waals surface area contributed by atoms with E-state index in [0.29, 0.717) is 17.0 Å². The lowest BCUT2D eigenvalue weighted by molar-refractivity contribution is 0.528. The van der Waals surface area contributed by atoms with Crippen LogP contribution in [0.1, 0.15) is 0 Å². The Morgan fingerprint density at radius 1 is 1.14 bits per heavy atom. The molecule has 3 heterocycles. The topological polar surface area (TPSA) is 85.8 Å². The summed E-state index contributed by atoms with van der Waals surface area (Å²) in [5.74, 6) is 0.261. The molecule has 4 aromatic rings. The lowest BCUT2D eigenvalue weighted by Crippen LogP contribution is -2.08. The minimum absolute atomic E-state index is 0.383. The molecule has 108 valence electrons. The second-order valence-electron chi connectivity index (χ2n) is 4.83. The minimum atomic E-state index is -0.383. The number of rotatable bonds is 2. The van der Waals surface area contributed by atoms with Gasteiger partial charge >= 0.3 is 5.76 Å². The number of aromatic nitrogens is 4. The van der Waals surface area contributed by atoms with Gasteiger partial charge in [-0.2, -0.15) is 0 Å². The number of nitrogens with one attached hydrogen (secondary N) is 1. The summed E-state index contributed by atoms with van der Waals surface area (Å²) in [5.41, 5.74) is 3.35. The third-order valence-corrected chi connectivity index (χ3v) is 3.40. The highest BCUT2D eigenvalue weighted by Crippen LogP contribution is 2.21. The molecule has 4 rings (SSSR count). The Hall–Kier alpha value is -3.22. The zero-order chi connectivity index (χ0) is 15.1. The van der Waals surface area contributed by atoms with Crippen molar-refractivity contribution in [1.29, 1.82) is 0 Å². The number of hydrogen-bond acceptors (Lipinski definition) is 6. The van der Waals surface area contributed by atoms with Gasteiger partial charge in [-0.3, -0.25) is 9.55 Å². The van der Waals surface area contributed by atoms with E-state index in [1.54, 1.807) is 25.5 Å². The van der Waals surface area contributed by atoms with E-state index >= 15 is 0 Å².